The van der Waals surface area contributed by atoms with Gasteiger partial charge in [0.1, 0.15) is 5.75 Å². The third-order valence-electron chi connectivity index (χ3n) is 2.76. The summed E-state index contributed by atoms with van der Waals surface area (Å²) >= 11 is 11.7. The van der Waals surface area contributed by atoms with Crippen molar-refractivity contribution in [2.75, 3.05) is 7.11 Å². The summed E-state index contributed by atoms with van der Waals surface area (Å²) in [5, 5.41) is 0.919. The lowest BCUT2D eigenvalue weighted by molar-refractivity contribution is 0.414. The average molecular weight is 346 g/mol. The summed E-state index contributed by atoms with van der Waals surface area (Å²) in [5.41, 5.74) is 0.685. The third-order valence-corrected chi connectivity index (χ3v) is 4.61. The van der Waals surface area contributed by atoms with Crippen molar-refractivity contribution in [2.24, 2.45) is 0 Å². The second kappa shape index (κ2) is 6.66. The molecule has 0 aliphatic heterocycles. The minimum absolute atomic E-state index is 0.106. The van der Waals surface area contributed by atoms with E-state index in [9.17, 15) is 8.42 Å². The van der Waals surface area contributed by atoms with E-state index in [4.69, 9.17) is 27.9 Å². The molecule has 0 atom stereocenters. The first-order chi connectivity index (χ1) is 9.90. The SMILES string of the molecule is COc1ccc(S(=O)(=O)NCc2cc(Cl)cc(Cl)c2)cc1. The molecule has 0 heterocycles. The molecule has 1 N–H and O–H groups in total. The van der Waals surface area contributed by atoms with Gasteiger partial charge in [0.15, 0.2) is 0 Å². The quantitative estimate of drug-likeness (QED) is 0.902. The van der Waals surface area contributed by atoms with Crippen LogP contribution in [0.4, 0.5) is 0 Å². The van der Waals surface area contributed by atoms with Gasteiger partial charge in [-0.15, -0.1) is 0 Å². The van der Waals surface area contributed by atoms with Crippen molar-refractivity contribution >= 4 is 33.2 Å². The number of sulfonamides is 1. The van der Waals surface area contributed by atoms with Crippen LogP contribution >= 0.6 is 23.2 Å². The van der Waals surface area contributed by atoms with Gasteiger partial charge >= 0.3 is 0 Å². The Morgan fingerprint density at radius 3 is 2.14 bits per heavy atom. The zero-order valence-electron chi connectivity index (χ0n) is 11.1. The highest BCUT2D eigenvalue weighted by Gasteiger charge is 2.13. The van der Waals surface area contributed by atoms with Gasteiger partial charge in [0.2, 0.25) is 10.0 Å². The Kier molecular flexibility index (Phi) is 5.11. The number of hydrogen-bond donors (Lipinski definition) is 1. The minimum atomic E-state index is -3.60. The van der Waals surface area contributed by atoms with E-state index in [0.29, 0.717) is 21.4 Å². The van der Waals surface area contributed by atoms with Crippen LogP contribution in [0.5, 0.6) is 5.75 Å². The first kappa shape index (κ1) is 16.1. The van der Waals surface area contributed by atoms with Crippen molar-refractivity contribution in [3.63, 3.8) is 0 Å². The lowest BCUT2D eigenvalue weighted by Crippen LogP contribution is -2.23. The van der Waals surface area contributed by atoms with Crippen LogP contribution < -0.4 is 9.46 Å². The van der Waals surface area contributed by atoms with E-state index in [2.05, 4.69) is 4.72 Å². The van der Waals surface area contributed by atoms with Gasteiger partial charge in [-0.2, -0.15) is 0 Å². The van der Waals surface area contributed by atoms with Gasteiger partial charge < -0.3 is 4.74 Å². The Morgan fingerprint density at radius 2 is 1.62 bits per heavy atom. The normalized spacial score (nSPS) is 11.4. The number of halogens is 2. The first-order valence-electron chi connectivity index (χ1n) is 5.99. The zero-order valence-corrected chi connectivity index (χ0v) is 13.5. The van der Waals surface area contributed by atoms with E-state index in [1.165, 1.54) is 19.2 Å². The van der Waals surface area contributed by atoms with Gasteiger partial charge in [-0.05, 0) is 48.0 Å². The number of hydrogen-bond acceptors (Lipinski definition) is 3. The molecule has 0 aliphatic rings. The number of rotatable bonds is 5. The molecular weight excluding hydrogens is 333 g/mol. The van der Waals surface area contributed by atoms with Crippen molar-refractivity contribution in [1.29, 1.82) is 0 Å². The minimum Gasteiger partial charge on any atom is -0.497 e. The van der Waals surface area contributed by atoms with E-state index < -0.39 is 10.0 Å². The third kappa shape index (κ3) is 4.35. The molecule has 0 spiro atoms. The topological polar surface area (TPSA) is 55.4 Å². The van der Waals surface area contributed by atoms with E-state index >= 15 is 0 Å². The van der Waals surface area contributed by atoms with Gasteiger partial charge in [-0.1, -0.05) is 23.2 Å². The average Bonchev–Trinajstić information content (AvgIpc) is 2.44. The second-order valence-electron chi connectivity index (χ2n) is 4.28. The summed E-state index contributed by atoms with van der Waals surface area (Å²) in [5.74, 6) is 0.593. The largest absolute Gasteiger partial charge is 0.497 e. The maximum absolute atomic E-state index is 12.2. The molecule has 112 valence electrons. The van der Waals surface area contributed by atoms with E-state index in [1.807, 2.05) is 0 Å². The van der Waals surface area contributed by atoms with Crippen LogP contribution in [0.2, 0.25) is 10.0 Å². The molecule has 0 bridgehead atoms. The molecule has 0 aliphatic carbocycles. The van der Waals surface area contributed by atoms with Gasteiger partial charge in [0, 0.05) is 16.6 Å². The molecule has 2 aromatic carbocycles. The standard InChI is InChI=1S/C14H13Cl2NO3S/c1-20-13-2-4-14(5-3-13)21(18,19)17-9-10-6-11(15)8-12(16)7-10/h2-8,17H,9H2,1H3. The van der Waals surface area contributed by atoms with Crippen molar-refractivity contribution < 1.29 is 13.2 Å². The lowest BCUT2D eigenvalue weighted by atomic mass is 10.2. The highest BCUT2D eigenvalue weighted by molar-refractivity contribution is 7.89. The predicted octanol–water partition coefficient (Wildman–Crippen LogP) is 3.48. The van der Waals surface area contributed by atoms with Crippen molar-refractivity contribution in [2.45, 2.75) is 11.4 Å². The Labute approximate surface area is 133 Å². The Bertz CT molecular complexity index is 710. The number of nitrogens with one attached hydrogen (secondary N) is 1. The van der Waals surface area contributed by atoms with Crippen molar-refractivity contribution in [1.82, 2.24) is 4.72 Å². The van der Waals surface area contributed by atoms with Gasteiger partial charge in [0.05, 0.1) is 12.0 Å². The molecule has 7 heteroatoms. The van der Waals surface area contributed by atoms with Gasteiger partial charge in [0.25, 0.3) is 0 Å². The highest BCUT2D eigenvalue weighted by Crippen LogP contribution is 2.20. The molecule has 0 radical (unpaired) electrons. The number of methoxy groups -OCH3 is 1. The van der Waals surface area contributed by atoms with Crippen molar-refractivity contribution in [3.8, 4) is 5.75 Å². The molecule has 4 nitrogen and oxygen atoms in total. The smallest absolute Gasteiger partial charge is 0.240 e. The van der Waals surface area contributed by atoms with Crippen LogP contribution in [0.15, 0.2) is 47.4 Å². The molecule has 2 aromatic rings. The molecular formula is C14H13Cl2NO3S. The van der Waals surface area contributed by atoms with Crippen LogP contribution in [0.25, 0.3) is 0 Å². The summed E-state index contributed by atoms with van der Waals surface area (Å²) in [6, 6.07) is 11.0. The maximum Gasteiger partial charge on any atom is 0.240 e. The van der Waals surface area contributed by atoms with E-state index in [-0.39, 0.29) is 11.4 Å². The highest BCUT2D eigenvalue weighted by atomic mass is 35.5. The second-order valence-corrected chi connectivity index (χ2v) is 6.92. The summed E-state index contributed by atoms with van der Waals surface area (Å²) < 4.78 is 31.8. The molecule has 0 saturated heterocycles. The monoisotopic (exact) mass is 345 g/mol. The fourth-order valence-electron chi connectivity index (χ4n) is 1.73. The first-order valence-corrected chi connectivity index (χ1v) is 8.23. The molecule has 0 unspecified atom stereocenters. The Morgan fingerprint density at radius 1 is 1.05 bits per heavy atom. The Balaban J connectivity index is 2.13. The zero-order chi connectivity index (χ0) is 15.5. The number of ether oxygens (including phenoxy) is 1. The van der Waals surface area contributed by atoms with Crippen LogP contribution in [0.1, 0.15) is 5.56 Å². The maximum atomic E-state index is 12.2. The van der Waals surface area contributed by atoms with Crippen molar-refractivity contribution in [3.05, 3.63) is 58.1 Å². The van der Waals surface area contributed by atoms with Gasteiger partial charge in [-0.25, -0.2) is 13.1 Å². The van der Waals surface area contributed by atoms with Crippen LogP contribution in [0.3, 0.4) is 0 Å². The molecule has 0 amide bonds. The molecule has 0 saturated carbocycles. The summed E-state index contributed by atoms with van der Waals surface area (Å²) in [7, 11) is -2.08. The van der Waals surface area contributed by atoms with Gasteiger partial charge in [-0.3, -0.25) is 0 Å². The van der Waals surface area contributed by atoms with Crippen LogP contribution in [-0.2, 0) is 16.6 Å². The van der Waals surface area contributed by atoms with E-state index in [1.54, 1.807) is 30.3 Å². The van der Waals surface area contributed by atoms with Crippen LogP contribution in [-0.4, -0.2) is 15.5 Å². The molecule has 0 aromatic heterocycles. The predicted molar refractivity (Wildman–Crippen MR) is 83.5 cm³/mol. The molecule has 2 rings (SSSR count). The fraction of sp³-hybridized carbons (Fsp3) is 0.143. The molecule has 0 fully saturated rings. The van der Waals surface area contributed by atoms with Crippen LogP contribution in [0, 0.1) is 0 Å². The fourth-order valence-corrected chi connectivity index (χ4v) is 3.32. The lowest BCUT2D eigenvalue weighted by Gasteiger charge is -2.08. The summed E-state index contributed by atoms with van der Waals surface area (Å²) in [6.45, 7) is 0.106. The number of benzene rings is 2. The Hall–Kier alpha value is -1.27. The summed E-state index contributed by atoms with van der Waals surface area (Å²) in [4.78, 5) is 0.163. The molecule has 21 heavy (non-hydrogen) atoms. The van der Waals surface area contributed by atoms with E-state index in [0.717, 1.165) is 0 Å². The summed E-state index contributed by atoms with van der Waals surface area (Å²) in [6.07, 6.45) is 0.